The third kappa shape index (κ3) is 3.14. The lowest BCUT2D eigenvalue weighted by atomic mass is 9.97. The first-order valence-corrected chi connectivity index (χ1v) is 8.79. The zero-order valence-corrected chi connectivity index (χ0v) is 15.5. The molecular formula is C22H19ClN4. The topological polar surface area (TPSA) is 42.2 Å². The number of pyridine rings is 1. The van der Waals surface area contributed by atoms with Gasteiger partial charge in [0, 0.05) is 12.7 Å². The van der Waals surface area contributed by atoms with Gasteiger partial charge in [0.25, 0.3) is 0 Å². The van der Waals surface area contributed by atoms with E-state index in [0.717, 1.165) is 18.0 Å². The van der Waals surface area contributed by atoms with Gasteiger partial charge in [-0.25, -0.2) is 0 Å². The number of nitrogens with one attached hydrogen (secondary N) is 1. The number of rotatable bonds is 4. The first kappa shape index (κ1) is 17.5. The van der Waals surface area contributed by atoms with Crippen molar-refractivity contribution in [2.45, 2.75) is 13.1 Å². The molecule has 0 radical (unpaired) electrons. The van der Waals surface area contributed by atoms with Gasteiger partial charge in [-0.3, -0.25) is 4.40 Å². The summed E-state index contributed by atoms with van der Waals surface area (Å²) in [6.45, 7) is 1.45. The van der Waals surface area contributed by atoms with Gasteiger partial charge in [-0.1, -0.05) is 54.6 Å². The maximum absolute atomic E-state index is 4.30. The van der Waals surface area contributed by atoms with Crippen LogP contribution in [0.4, 0.5) is 0 Å². The fraction of sp³-hybridized carbons (Fsp3) is 0.0909. The molecule has 0 spiro atoms. The first-order valence-electron chi connectivity index (χ1n) is 8.79. The molecule has 0 bridgehead atoms. The van der Waals surface area contributed by atoms with Crippen molar-refractivity contribution < 1.29 is 0 Å². The Kier molecular flexibility index (Phi) is 4.75. The van der Waals surface area contributed by atoms with E-state index in [9.17, 15) is 0 Å². The van der Waals surface area contributed by atoms with Crippen LogP contribution in [0.1, 0.15) is 11.4 Å². The summed E-state index contributed by atoms with van der Waals surface area (Å²) in [6.07, 6.45) is 2.00. The van der Waals surface area contributed by atoms with Gasteiger partial charge >= 0.3 is 0 Å². The van der Waals surface area contributed by atoms with Crippen molar-refractivity contribution in [2.75, 3.05) is 0 Å². The number of aromatic nitrogens is 3. The van der Waals surface area contributed by atoms with Gasteiger partial charge in [-0.15, -0.1) is 22.6 Å². The molecular weight excluding hydrogens is 356 g/mol. The molecule has 2 aromatic heterocycles. The Labute approximate surface area is 163 Å². The van der Waals surface area contributed by atoms with E-state index in [1.54, 1.807) is 0 Å². The monoisotopic (exact) mass is 374 g/mol. The summed E-state index contributed by atoms with van der Waals surface area (Å²) in [5.74, 6) is 0.921. The van der Waals surface area contributed by atoms with Crippen molar-refractivity contribution in [3.63, 3.8) is 0 Å². The van der Waals surface area contributed by atoms with Gasteiger partial charge in [0.05, 0.1) is 6.54 Å². The molecule has 4 nitrogen and oxygen atoms in total. The smallest absolute Gasteiger partial charge is 0.160 e. The van der Waals surface area contributed by atoms with E-state index in [1.165, 1.54) is 27.1 Å². The van der Waals surface area contributed by atoms with Crippen LogP contribution in [-0.4, -0.2) is 14.6 Å². The van der Waals surface area contributed by atoms with Gasteiger partial charge in [-0.2, -0.15) is 0 Å². The van der Waals surface area contributed by atoms with Crippen LogP contribution in [0.2, 0.25) is 0 Å². The second kappa shape index (κ2) is 7.35. The van der Waals surface area contributed by atoms with Crippen LogP contribution in [0.3, 0.4) is 0 Å². The number of fused-ring (bicyclic) bond motifs is 3. The Balaban J connectivity index is 0.00000180. The SMILES string of the molecule is Cl.c1ccc2c(CNCc3nnc4ccccn34)c3ccccc3cc2c1. The van der Waals surface area contributed by atoms with Crippen LogP contribution in [0.5, 0.6) is 0 Å². The minimum Gasteiger partial charge on any atom is -0.306 e. The Hall–Kier alpha value is -2.95. The molecule has 0 amide bonds. The zero-order chi connectivity index (χ0) is 17.3. The Morgan fingerprint density at radius 2 is 1.41 bits per heavy atom. The molecule has 5 heteroatoms. The lowest BCUT2D eigenvalue weighted by Crippen LogP contribution is -2.15. The summed E-state index contributed by atoms with van der Waals surface area (Å²) in [4.78, 5) is 0. The largest absolute Gasteiger partial charge is 0.306 e. The van der Waals surface area contributed by atoms with E-state index in [4.69, 9.17) is 0 Å². The molecule has 0 saturated heterocycles. The van der Waals surface area contributed by atoms with E-state index in [-0.39, 0.29) is 12.4 Å². The van der Waals surface area contributed by atoms with Crippen molar-refractivity contribution in [1.82, 2.24) is 19.9 Å². The summed E-state index contributed by atoms with van der Waals surface area (Å²) in [7, 11) is 0. The molecule has 5 aromatic rings. The van der Waals surface area contributed by atoms with Crippen molar-refractivity contribution >= 4 is 39.6 Å². The van der Waals surface area contributed by atoms with Crippen LogP contribution < -0.4 is 5.32 Å². The third-order valence-corrected chi connectivity index (χ3v) is 4.85. The highest BCUT2D eigenvalue weighted by Crippen LogP contribution is 2.28. The minimum absolute atomic E-state index is 0. The molecule has 0 aliphatic heterocycles. The van der Waals surface area contributed by atoms with Crippen LogP contribution in [-0.2, 0) is 13.1 Å². The molecule has 0 aliphatic rings. The summed E-state index contributed by atoms with van der Waals surface area (Å²) < 4.78 is 2.02. The van der Waals surface area contributed by atoms with Gasteiger partial charge < -0.3 is 5.32 Å². The summed E-state index contributed by atoms with van der Waals surface area (Å²) in [6, 6.07) is 25.4. The van der Waals surface area contributed by atoms with E-state index in [2.05, 4.69) is 70.1 Å². The average molecular weight is 375 g/mol. The van der Waals surface area contributed by atoms with Crippen LogP contribution in [0.15, 0.2) is 79.0 Å². The summed E-state index contributed by atoms with van der Waals surface area (Å²) in [5.41, 5.74) is 2.20. The van der Waals surface area contributed by atoms with Crippen molar-refractivity contribution in [2.24, 2.45) is 0 Å². The van der Waals surface area contributed by atoms with E-state index in [0.29, 0.717) is 6.54 Å². The molecule has 0 fully saturated rings. The highest BCUT2D eigenvalue weighted by atomic mass is 35.5. The molecule has 134 valence electrons. The maximum Gasteiger partial charge on any atom is 0.160 e. The van der Waals surface area contributed by atoms with E-state index in [1.807, 2.05) is 28.8 Å². The lowest BCUT2D eigenvalue weighted by Gasteiger charge is -2.12. The molecule has 0 unspecified atom stereocenters. The van der Waals surface area contributed by atoms with Crippen molar-refractivity contribution in [1.29, 1.82) is 0 Å². The fourth-order valence-corrected chi connectivity index (χ4v) is 3.61. The number of halogens is 1. The van der Waals surface area contributed by atoms with Gasteiger partial charge in [0.15, 0.2) is 11.5 Å². The number of hydrogen-bond donors (Lipinski definition) is 1. The van der Waals surface area contributed by atoms with Crippen molar-refractivity contribution in [3.8, 4) is 0 Å². The van der Waals surface area contributed by atoms with E-state index < -0.39 is 0 Å². The predicted molar refractivity (Wildman–Crippen MR) is 112 cm³/mol. The van der Waals surface area contributed by atoms with E-state index >= 15 is 0 Å². The number of nitrogens with zero attached hydrogens (tertiary/aromatic N) is 3. The Morgan fingerprint density at radius 3 is 2.15 bits per heavy atom. The first-order chi connectivity index (χ1) is 12.9. The summed E-state index contributed by atoms with van der Waals surface area (Å²) in [5, 5.41) is 17.2. The van der Waals surface area contributed by atoms with Crippen LogP contribution in [0.25, 0.3) is 27.2 Å². The van der Waals surface area contributed by atoms with Gasteiger partial charge in [-0.05, 0) is 45.3 Å². The van der Waals surface area contributed by atoms with Gasteiger partial charge in [0.2, 0.25) is 0 Å². The standard InChI is InChI=1S/C22H18N4.ClH/c1-3-9-18-16(7-1)13-17-8-2-4-10-19(17)20(18)14-23-15-22-25-24-21-11-5-6-12-26(21)22;/h1-13,23H,14-15H2;1H. The molecule has 0 atom stereocenters. The lowest BCUT2D eigenvalue weighted by molar-refractivity contribution is 0.661. The van der Waals surface area contributed by atoms with Crippen LogP contribution in [0, 0.1) is 0 Å². The molecule has 27 heavy (non-hydrogen) atoms. The maximum atomic E-state index is 4.30. The molecule has 0 saturated carbocycles. The quantitative estimate of drug-likeness (QED) is 0.462. The number of hydrogen-bond acceptors (Lipinski definition) is 3. The Morgan fingerprint density at radius 1 is 0.741 bits per heavy atom. The third-order valence-electron chi connectivity index (χ3n) is 4.85. The molecule has 3 aromatic carbocycles. The minimum atomic E-state index is 0. The zero-order valence-electron chi connectivity index (χ0n) is 14.7. The second-order valence-electron chi connectivity index (χ2n) is 6.45. The average Bonchev–Trinajstić information content (AvgIpc) is 3.11. The number of benzene rings is 3. The predicted octanol–water partition coefficient (Wildman–Crippen LogP) is 4.75. The summed E-state index contributed by atoms with van der Waals surface area (Å²) >= 11 is 0. The highest BCUT2D eigenvalue weighted by molar-refractivity contribution is 6.02. The molecule has 1 N–H and O–H groups in total. The highest BCUT2D eigenvalue weighted by Gasteiger charge is 2.08. The Bertz CT molecular complexity index is 1170. The molecule has 5 rings (SSSR count). The molecule has 0 aliphatic carbocycles. The fourth-order valence-electron chi connectivity index (χ4n) is 3.61. The second-order valence-corrected chi connectivity index (χ2v) is 6.45. The van der Waals surface area contributed by atoms with Crippen LogP contribution >= 0.6 is 12.4 Å². The van der Waals surface area contributed by atoms with Crippen molar-refractivity contribution in [3.05, 3.63) is 90.4 Å². The van der Waals surface area contributed by atoms with Gasteiger partial charge in [0.1, 0.15) is 0 Å². The molecule has 2 heterocycles. The normalized spacial score (nSPS) is 11.1.